The highest BCUT2D eigenvalue weighted by molar-refractivity contribution is 7.12. The second-order valence-electron chi connectivity index (χ2n) is 3.96. The lowest BCUT2D eigenvalue weighted by atomic mass is 10.1. The number of ether oxygens (including phenoxy) is 1. The van der Waals surface area contributed by atoms with Gasteiger partial charge in [0.1, 0.15) is 5.78 Å². The predicted octanol–water partition coefficient (Wildman–Crippen LogP) is 3.28. The number of rotatable bonds is 6. The van der Waals surface area contributed by atoms with Crippen molar-refractivity contribution in [1.29, 1.82) is 0 Å². The summed E-state index contributed by atoms with van der Waals surface area (Å²) in [5, 5.41) is 0. The van der Waals surface area contributed by atoms with E-state index in [1.54, 1.807) is 6.92 Å². The number of esters is 1. The van der Waals surface area contributed by atoms with E-state index >= 15 is 0 Å². The third-order valence-corrected chi connectivity index (χ3v) is 4.07. The quantitative estimate of drug-likeness (QED) is 0.596. The van der Waals surface area contributed by atoms with E-state index in [0.717, 1.165) is 15.3 Å². The number of hydrogen-bond donors (Lipinski definition) is 0. The van der Waals surface area contributed by atoms with Crippen LogP contribution < -0.4 is 0 Å². The van der Waals surface area contributed by atoms with Crippen LogP contribution >= 0.6 is 22.9 Å². The number of halogens is 1. The summed E-state index contributed by atoms with van der Waals surface area (Å²) in [6.45, 7) is 5.93. The highest BCUT2D eigenvalue weighted by Crippen LogP contribution is 2.29. The Hall–Kier alpha value is -0.870. The molecule has 1 heterocycles. The number of carbonyl (C=O) groups is 2. The molecule has 100 valence electrons. The zero-order valence-electron chi connectivity index (χ0n) is 10.8. The lowest BCUT2D eigenvalue weighted by Gasteiger charge is -2.04. The molecule has 0 radical (unpaired) electrons. The molecule has 3 nitrogen and oxygen atoms in total. The SMILES string of the molecule is CCOC(=O)c1c(CC(=O)CCCl)sc(C)c1C. The van der Waals surface area contributed by atoms with Gasteiger partial charge in [0.15, 0.2) is 0 Å². The topological polar surface area (TPSA) is 43.4 Å². The fourth-order valence-corrected chi connectivity index (χ4v) is 3.07. The fraction of sp³-hybridized carbons (Fsp3) is 0.538. The molecule has 0 fully saturated rings. The molecule has 0 aliphatic heterocycles. The summed E-state index contributed by atoms with van der Waals surface area (Å²) in [5.74, 6) is 0.0292. The number of hydrogen-bond acceptors (Lipinski definition) is 4. The maximum Gasteiger partial charge on any atom is 0.339 e. The highest BCUT2D eigenvalue weighted by atomic mass is 35.5. The third kappa shape index (κ3) is 3.56. The van der Waals surface area contributed by atoms with Gasteiger partial charge in [-0.05, 0) is 26.3 Å². The van der Waals surface area contributed by atoms with Crippen LogP contribution in [0, 0.1) is 13.8 Å². The van der Waals surface area contributed by atoms with E-state index < -0.39 is 0 Å². The van der Waals surface area contributed by atoms with Crippen LogP contribution in [0.2, 0.25) is 0 Å². The first kappa shape index (κ1) is 15.2. The molecule has 1 rings (SSSR count). The number of Topliss-reactive ketones (excluding diaryl/α,β-unsaturated/α-hetero) is 1. The molecule has 1 aromatic rings. The van der Waals surface area contributed by atoms with Crippen LogP contribution in [0.5, 0.6) is 0 Å². The van der Waals surface area contributed by atoms with Gasteiger partial charge in [-0.15, -0.1) is 22.9 Å². The second kappa shape index (κ2) is 6.90. The van der Waals surface area contributed by atoms with Crippen LogP contribution in [0.25, 0.3) is 0 Å². The minimum Gasteiger partial charge on any atom is -0.462 e. The molecule has 0 atom stereocenters. The van der Waals surface area contributed by atoms with Gasteiger partial charge in [0.25, 0.3) is 0 Å². The zero-order chi connectivity index (χ0) is 13.7. The molecule has 0 spiro atoms. The van der Waals surface area contributed by atoms with E-state index in [-0.39, 0.29) is 18.2 Å². The van der Waals surface area contributed by atoms with Crippen LogP contribution in [0.15, 0.2) is 0 Å². The molecule has 0 aliphatic rings. The summed E-state index contributed by atoms with van der Waals surface area (Å²) in [4.78, 5) is 25.4. The van der Waals surface area contributed by atoms with Gasteiger partial charge in [0.05, 0.1) is 12.2 Å². The summed E-state index contributed by atoms with van der Waals surface area (Å²) in [6.07, 6.45) is 0.597. The summed E-state index contributed by atoms with van der Waals surface area (Å²) in [6, 6.07) is 0. The minimum atomic E-state index is -0.340. The Labute approximate surface area is 116 Å². The number of thiophene rings is 1. The minimum absolute atomic E-state index is 0.0526. The molecule has 0 saturated heterocycles. The Kier molecular flexibility index (Phi) is 5.82. The molecule has 0 N–H and O–H groups in total. The molecule has 0 saturated carbocycles. The molecular formula is C13H17ClO3S. The maximum absolute atomic E-state index is 11.9. The van der Waals surface area contributed by atoms with Gasteiger partial charge in [0.2, 0.25) is 0 Å². The van der Waals surface area contributed by atoms with Crippen LogP contribution in [-0.2, 0) is 16.0 Å². The van der Waals surface area contributed by atoms with Crippen molar-refractivity contribution in [2.75, 3.05) is 12.5 Å². The van der Waals surface area contributed by atoms with Crippen LogP contribution in [0.1, 0.15) is 39.0 Å². The average molecular weight is 289 g/mol. The molecule has 5 heteroatoms. The molecule has 0 aromatic carbocycles. The van der Waals surface area contributed by atoms with Crippen LogP contribution in [0.4, 0.5) is 0 Å². The number of alkyl halides is 1. The van der Waals surface area contributed by atoms with Crippen LogP contribution in [0.3, 0.4) is 0 Å². The molecule has 0 bridgehead atoms. The number of ketones is 1. The number of carbonyl (C=O) groups excluding carboxylic acids is 2. The summed E-state index contributed by atoms with van der Waals surface area (Å²) in [7, 11) is 0. The first-order chi connectivity index (χ1) is 8.51. The van der Waals surface area contributed by atoms with Gasteiger partial charge in [-0.25, -0.2) is 4.79 Å². The van der Waals surface area contributed by atoms with Gasteiger partial charge in [-0.3, -0.25) is 4.79 Å². The van der Waals surface area contributed by atoms with Crippen molar-refractivity contribution in [2.24, 2.45) is 0 Å². The lowest BCUT2D eigenvalue weighted by Crippen LogP contribution is -2.10. The first-order valence-electron chi connectivity index (χ1n) is 5.84. The van der Waals surface area contributed by atoms with Gasteiger partial charge >= 0.3 is 5.97 Å². The molecule has 0 aliphatic carbocycles. The normalized spacial score (nSPS) is 10.4. The molecule has 1 aromatic heterocycles. The van der Waals surface area contributed by atoms with Crippen molar-refractivity contribution in [3.63, 3.8) is 0 Å². The van der Waals surface area contributed by atoms with Gasteiger partial charge in [0, 0.05) is 28.5 Å². The second-order valence-corrected chi connectivity index (χ2v) is 5.64. The Bertz CT molecular complexity index is 451. The summed E-state index contributed by atoms with van der Waals surface area (Å²) >= 11 is 7.03. The van der Waals surface area contributed by atoms with Crippen molar-refractivity contribution < 1.29 is 14.3 Å². The largest absolute Gasteiger partial charge is 0.462 e. The molecule has 0 unspecified atom stereocenters. The van der Waals surface area contributed by atoms with E-state index in [0.29, 0.717) is 24.5 Å². The first-order valence-corrected chi connectivity index (χ1v) is 7.20. The predicted molar refractivity (Wildman–Crippen MR) is 73.8 cm³/mol. The van der Waals surface area contributed by atoms with E-state index in [1.807, 2.05) is 13.8 Å². The van der Waals surface area contributed by atoms with Crippen molar-refractivity contribution in [3.8, 4) is 0 Å². The summed E-state index contributed by atoms with van der Waals surface area (Å²) in [5.41, 5.74) is 1.47. The van der Waals surface area contributed by atoms with E-state index in [9.17, 15) is 9.59 Å². The fourth-order valence-electron chi connectivity index (χ4n) is 1.67. The standard InChI is InChI=1S/C13H17ClO3S/c1-4-17-13(16)12-8(2)9(3)18-11(12)7-10(15)5-6-14/h4-7H2,1-3H3. The van der Waals surface area contributed by atoms with Crippen molar-refractivity contribution >= 4 is 34.7 Å². The van der Waals surface area contributed by atoms with E-state index in [2.05, 4.69) is 0 Å². The van der Waals surface area contributed by atoms with Crippen molar-refractivity contribution in [1.82, 2.24) is 0 Å². The Balaban J connectivity index is 3.00. The van der Waals surface area contributed by atoms with Crippen molar-refractivity contribution in [3.05, 3.63) is 20.9 Å². The van der Waals surface area contributed by atoms with E-state index in [4.69, 9.17) is 16.3 Å². The molecule has 18 heavy (non-hydrogen) atoms. The molecule has 0 amide bonds. The monoisotopic (exact) mass is 288 g/mol. The maximum atomic E-state index is 11.9. The van der Waals surface area contributed by atoms with Gasteiger partial charge in [-0.1, -0.05) is 0 Å². The zero-order valence-corrected chi connectivity index (χ0v) is 12.4. The highest BCUT2D eigenvalue weighted by Gasteiger charge is 2.21. The van der Waals surface area contributed by atoms with Crippen LogP contribution in [-0.4, -0.2) is 24.2 Å². The van der Waals surface area contributed by atoms with Gasteiger partial charge < -0.3 is 4.74 Å². The Morgan fingerprint density at radius 2 is 2.00 bits per heavy atom. The number of aryl methyl sites for hydroxylation is 1. The molecular weight excluding hydrogens is 272 g/mol. The van der Waals surface area contributed by atoms with Gasteiger partial charge in [-0.2, -0.15) is 0 Å². The summed E-state index contributed by atoms with van der Waals surface area (Å²) < 4.78 is 5.03. The average Bonchev–Trinajstić information content (AvgIpc) is 2.55. The third-order valence-electron chi connectivity index (χ3n) is 2.67. The Morgan fingerprint density at radius 3 is 2.56 bits per heavy atom. The van der Waals surface area contributed by atoms with E-state index in [1.165, 1.54) is 11.3 Å². The Morgan fingerprint density at radius 1 is 1.33 bits per heavy atom. The van der Waals surface area contributed by atoms with Crippen molar-refractivity contribution in [2.45, 2.75) is 33.6 Å². The lowest BCUT2D eigenvalue weighted by molar-refractivity contribution is -0.118. The smallest absolute Gasteiger partial charge is 0.339 e.